The third kappa shape index (κ3) is 3.56. The molecule has 1 unspecified atom stereocenters. The van der Waals surface area contributed by atoms with Crippen LogP contribution in [0, 0.1) is 6.92 Å². The van der Waals surface area contributed by atoms with Gasteiger partial charge in [0.05, 0.1) is 17.1 Å². The molecule has 1 N–H and O–H groups in total. The van der Waals surface area contributed by atoms with E-state index in [0.717, 1.165) is 17.4 Å². The standard InChI is InChI=1S/C12H16ClN3S/c1-9-7-15-16(8-9)6-5-14-10(2)11-3-4-12(13)17-11/h3-4,7-8,10,14H,5-6H2,1-2H3. The summed E-state index contributed by atoms with van der Waals surface area (Å²) in [6, 6.07) is 4.35. The number of hydrogen-bond donors (Lipinski definition) is 1. The van der Waals surface area contributed by atoms with Gasteiger partial charge in [0.2, 0.25) is 0 Å². The molecule has 92 valence electrons. The molecular weight excluding hydrogens is 254 g/mol. The summed E-state index contributed by atoms with van der Waals surface area (Å²) in [5.41, 5.74) is 1.20. The normalized spacial score (nSPS) is 12.9. The zero-order valence-corrected chi connectivity index (χ0v) is 11.6. The van der Waals surface area contributed by atoms with Crippen molar-refractivity contribution in [3.05, 3.63) is 39.3 Å². The molecule has 0 spiro atoms. The first-order valence-electron chi connectivity index (χ1n) is 5.63. The molecule has 3 nitrogen and oxygen atoms in total. The third-order valence-electron chi connectivity index (χ3n) is 2.57. The van der Waals surface area contributed by atoms with Crippen molar-refractivity contribution in [2.45, 2.75) is 26.4 Å². The predicted molar refractivity (Wildman–Crippen MR) is 72.7 cm³/mol. The van der Waals surface area contributed by atoms with E-state index < -0.39 is 0 Å². The van der Waals surface area contributed by atoms with E-state index in [9.17, 15) is 0 Å². The van der Waals surface area contributed by atoms with Crippen molar-refractivity contribution in [2.24, 2.45) is 0 Å². The predicted octanol–water partition coefficient (Wildman–Crippen LogP) is 3.26. The van der Waals surface area contributed by atoms with Gasteiger partial charge in [0.1, 0.15) is 0 Å². The van der Waals surface area contributed by atoms with Crippen molar-refractivity contribution in [2.75, 3.05) is 6.54 Å². The molecule has 0 fully saturated rings. The lowest BCUT2D eigenvalue weighted by Gasteiger charge is -2.11. The summed E-state index contributed by atoms with van der Waals surface area (Å²) in [7, 11) is 0. The van der Waals surface area contributed by atoms with Crippen LogP contribution in [0.4, 0.5) is 0 Å². The first kappa shape index (κ1) is 12.6. The Bertz CT molecular complexity index is 478. The molecule has 0 aliphatic heterocycles. The number of aromatic nitrogens is 2. The molecule has 0 amide bonds. The van der Waals surface area contributed by atoms with Gasteiger partial charge in [-0.15, -0.1) is 11.3 Å². The van der Waals surface area contributed by atoms with Crippen LogP contribution >= 0.6 is 22.9 Å². The summed E-state index contributed by atoms with van der Waals surface area (Å²) in [6.45, 7) is 5.98. The van der Waals surface area contributed by atoms with Gasteiger partial charge < -0.3 is 5.32 Å². The number of thiophene rings is 1. The fourth-order valence-corrected chi connectivity index (χ4v) is 2.73. The van der Waals surface area contributed by atoms with E-state index in [1.165, 1.54) is 10.4 Å². The van der Waals surface area contributed by atoms with Gasteiger partial charge in [-0.2, -0.15) is 5.10 Å². The Hall–Kier alpha value is -0.840. The SMILES string of the molecule is Cc1cnn(CCNC(C)c2ccc(Cl)s2)c1. The first-order chi connectivity index (χ1) is 8.15. The van der Waals surface area contributed by atoms with Gasteiger partial charge in [-0.3, -0.25) is 4.68 Å². The lowest BCUT2D eigenvalue weighted by Crippen LogP contribution is -2.22. The summed E-state index contributed by atoms with van der Waals surface area (Å²) in [5.74, 6) is 0. The Morgan fingerprint density at radius 1 is 1.53 bits per heavy atom. The fourth-order valence-electron chi connectivity index (χ4n) is 1.65. The van der Waals surface area contributed by atoms with Gasteiger partial charge >= 0.3 is 0 Å². The molecule has 0 radical (unpaired) electrons. The molecule has 17 heavy (non-hydrogen) atoms. The molecule has 5 heteroatoms. The maximum absolute atomic E-state index is 5.91. The summed E-state index contributed by atoms with van der Waals surface area (Å²) in [5, 5.41) is 7.71. The van der Waals surface area contributed by atoms with Crippen LogP contribution in [0.15, 0.2) is 24.5 Å². The van der Waals surface area contributed by atoms with Crippen molar-refractivity contribution >= 4 is 22.9 Å². The van der Waals surface area contributed by atoms with Gasteiger partial charge in [-0.1, -0.05) is 11.6 Å². The molecular formula is C12H16ClN3S. The highest BCUT2D eigenvalue weighted by Crippen LogP contribution is 2.26. The Morgan fingerprint density at radius 3 is 2.94 bits per heavy atom. The highest BCUT2D eigenvalue weighted by Gasteiger charge is 2.07. The number of rotatable bonds is 5. The zero-order chi connectivity index (χ0) is 12.3. The Labute approximate surface area is 110 Å². The van der Waals surface area contributed by atoms with E-state index in [0.29, 0.717) is 6.04 Å². The average Bonchev–Trinajstić information content (AvgIpc) is 2.88. The van der Waals surface area contributed by atoms with E-state index in [1.807, 2.05) is 30.1 Å². The van der Waals surface area contributed by atoms with E-state index in [-0.39, 0.29) is 0 Å². The second kappa shape index (κ2) is 5.67. The monoisotopic (exact) mass is 269 g/mol. The summed E-state index contributed by atoms with van der Waals surface area (Å²) >= 11 is 7.54. The van der Waals surface area contributed by atoms with Crippen molar-refractivity contribution in [1.29, 1.82) is 0 Å². The van der Waals surface area contributed by atoms with Crippen LogP contribution in [0.2, 0.25) is 4.34 Å². The van der Waals surface area contributed by atoms with E-state index in [1.54, 1.807) is 11.3 Å². The summed E-state index contributed by atoms with van der Waals surface area (Å²) in [6.07, 6.45) is 3.93. The minimum Gasteiger partial charge on any atom is -0.308 e. The number of halogens is 1. The molecule has 2 aromatic rings. The van der Waals surface area contributed by atoms with E-state index >= 15 is 0 Å². The largest absolute Gasteiger partial charge is 0.308 e. The molecule has 0 aliphatic carbocycles. The van der Waals surface area contributed by atoms with Crippen molar-refractivity contribution in [3.63, 3.8) is 0 Å². The second-order valence-corrected chi connectivity index (χ2v) is 5.85. The van der Waals surface area contributed by atoms with Crippen LogP contribution in [0.1, 0.15) is 23.4 Å². The van der Waals surface area contributed by atoms with Crippen LogP contribution in [0.5, 0.6) is 0 Å². The van der Waals surface area contributed by atoms with Gasteiger partial charge in [0.25, 0.3) is 0 Å². The molecule has 2 heterocycles. The minimum absolute atomic E-state index is 0.337. The molecule has 0 saturated carbocycles. The Morgan fingerprint density at radius 2 is 2.35 bits per heavy atom. The third-order valence-corrected chi connectivity index (χ3v) is 3.99. The van der Waals surface area contributed by atoms with Crippen LogP contribution < -0.4 is 5.32 Å². The molecule has 0 bridgehead atoms. The summed E-state index contributed by atoms with van der Waals surface area (Å²) < 4.78 is 2.80. The topological polar surface area (TPSA) is 29.9 Å². The number of nitrogens with one attached hydrogen (secondary N) is 1. The molecule has 0 aliphatic rings. The van der Waals surface area contributed by atoms with Gasteiger partial charge in [-0.25, -0.2) is 0 Å². The smallest absolute Gasteiger partial charge is 0.0931 e. The van der Waals surface area contributed by atoms with Gasteiger partial charge in [0, 0.05) is 23.7 Å². The van der Waals surface area contributed by atoms with Crippen LogP contribution in [-0.2, 0) is 6.54 Å². The average molecular weight is 270 g/mol. The lowest BCUT2D eigenvalue weighted by atomic mass is 10.3. The quantitative estimate of drug-likeness (QED) is 0.903. The highest BCUT2D eigenvalue weighted by molar-refractivity contribution is 7.16. The van der Waals surface area contributed by atoms with Crippen LogP contribution in [-0.4, -0.2) is 16.3 Å². The Balaban J connectivity index is 1.78. The van der Waals surface area contributed by atoms with Crippen molar-refractivity contribution < 1.29 is 0 Å². The number of aryl methyl sites for hydroxylation is 1. The van der Waals surface area contributed by atoms with Gasteiger partial charge in [0.15, 0.2) is 0 Å². The van der Waals surface area contributed by atoms with Crippen molar-refractivity contribution in [3.8, 4) is 0 Å². The molecule has 1 atom stereocenters. The number of hydrogen-bond acceptors (Lipinski definition) is 3. The van der Waals surface area contributed by atoms with Crippen LogP contribution in [0.25, 0.3) is 0 Å². The Kier molecular flexibility index (Phi) is 4.20. The molecule has 0 aromatic carbocycles. The molecule has 2 rings (SSSR count). The molecule has 2 aromatic heterocycles. The van der Waals surface area contributed by atoms with E-state index in [2.05, 4.69) is 23.4 Å². The summed E-state index contributed by atoms with van der Waals surface area (Å²) in [4.78, 5) is 1.27. The maximum Gasteiger partial charge on any atom is 0.0931 e. The fraction of sp³-hybridized carbons (Fsp3) is 0.417. The first-order valence-corrected chi connectivity index (χ1v) is 6.82. The highest BCUT2D eigenvalue weighted by atomic mass is 35.5. The second-order valence-electron chi connectivity index (χ2n) is 4.10. The zero-order valence-electron chi connectivity index (χ0n) is 9.98. The van der Waals surface area contributed by atoms with Crippen LogP contribution in [0.3, 0.4) is 0 Å². The molecule has 0 saturated heterocycles. The maximum atomic E-state index is 5.91. The van der Waals surface area contributed by atoms with Gasteiger partial charge in [-0.05, 0) is 31.5 Å². The minimum atomic E-state index is 0.337. The van der Waals surface area contributed by atoms with E-state index in [4.69, 9.17) is 11.6 Å². The lowest BCUT2D eigenvalue weighted by molar-refractivity contribution is 0.511. The number of nitrogens with zero attached hydrogens (tertiary/aromatic N) is 2. The van der Waals surface area contributed by atoms with Crippen molar-refractivity contribution in [1.82, 2.24) is 15.1 Å².